The minimum atomic E-state index is -0.374. The molecule has 1 unspecified atom stereocenters. The molecule has 4 rings (SSSR count). The topological polar surface area (TPSA) is 78.5 Å². The predicted octanol–water partition coefficient (Wildman–Crippen LogP) is 4.34. The van der Waals surface area contributed by atoms with E-state index in [1.54, 1.807) is 11.0 Å². The number of hydrogen-bond acceptors (Lipinski definition) is 3. The minimum absolute atomic E-state index is 0.0818. The van der Waals surface area contributed by atoms with Crippen LogP contribution in [0.25, 0.3) is 0 Å². The molecule has 6 nitrogen and oxygen atoms in total. The molecule has 0 saturated heterocycles. The summed E-state index contributed by atoms with van der Waals surface area (Å²) in [4.78, 5) is 39.4. The fourth-order valence-electron chi connectivity index (χ4n) is 4.24. The smallest absolute Gasteiger partial charge is 0.319 e. The number of aryl methyl sites for hydroxylation is 1. The summed E-state index contributed by atoms with van der Waals surface area (Å²) in [6, 6.07) is 12.5. The average molecular weight is 418 g/mol. The van der Waals surface area contributed by atoms with Gasteiger partial charge >= 0.3 is 6.03 Å². The van der Waals surface area contributed by atoms with Crippen molar-refractivity contribution >= 4 is 23.4 Å². The Balaban J connectivity index is 1.39. The van der Waals surface area contributed by atoms with Gasteiger partial charge in [0, 0.05) is 30.8 Å². The molecule has 2 aromatic carbocycles. The number of fused-ring (bicyclic) bond motifs is 1. The number of urea groups is 1. The third kappa shape index (κ3) is 4.68. The van der Waals surface area contributed by atoms with Crippen LogP contribution in [-0.4, -0.2) is 28.7 Å². The van der Waals surface area contributed by atoms with Gasteiger partial charge in [-0.2, -0.15) is 0 Å². The molecule has 1 aliphatic heterocycles. The highest BCUT2D eigenvalue weighted by molar-refractivity contribution is 6.01. The number of amides is 3. The van der Waals surface area contributed by atoms with Gasteiger partial charge in [-0.25, -0.2) is 4.79 Å². The highest BCUT2D eigenvalue weighted by atomic mass is 16.2. The number of ketones is 1. The number of benzene rings is 2. The zero-order valence-electron chi connectivity index (χ0n) is 17.7. The molecule has 0 spiro atoms. The first-order chi connectivity index (χ1) is 14.9. The molecule has 0 radical (unpaired) electrons. The maximum Gasteiger partial charge on any atom is 0.319 e. The molecule has 1 aliphatic carbocycles. The Morgan fingerprint density at radius 1 is 1.16 bits per heavy atom. The highest BCUT2D eigenvalue weighted by Gasteiger charge is 2.36. The number of carbonyl (C=O) groups excluding carboxylic acids is 3. The van der Waals surface area contributed by atoms with E-state index >= 15 is 0 Å². The molecule has 3 amide bonds. The monoisotopic (exact) mass is 417 g/mol. The molecule has 0 bridgehead atoms. The number of hydrogen-bond donors (Lipinski definition) is 2. The van der Waals surface area contributed by atoms with Gasteiger partial charge in [-0.3, -0.25) is 9.59 Å². The van der Waals surface area contributed by atoms with Gasteiger partial charge in [0.1, 0.15) is 0 Å². The lowest BCUT2D eigenvalue weighted by molar-refractivity contribution is -0.122. The average Bonchev–Trinajstić information content (AvgIpc) is 2.96. The summed E-state index contributed by atoms with van der Waals surface area (Å²) in [5, 5.41) is 5.65. The number of Topliss-reactive ketones (excluding diaryl/α,β-unsaturated/α-hetero) is 1. The van der Waals surface area contributed by atoms with Gasteiger partial charge in [-0.15, -0.1) is 0 Å². The number of anilines is 1. The Kier molecular flexibility index (Phi) is 5.89. The molecule has 1 atom stereocenters. The van der Waals surface area contributed by atoms with E-state index in [1.807, 2.05) is 43.3 Å². The molecule has 1 fully saturated rings. The zero-order valence-corrected chi connectivity index (χ0v) is 17.7. The molecule has 2 N–H and O–H groups in total. The lowest BCUT2D eigenvalue weighted by Gasteiger charge is -2.25. The van der Waals surface area contributed by atoms with Crippen LogP contribution in [0.15, 0.2) is 54.6 Å². The number of allylic oxidation sites excluding steroid dienone is 1. The van der Waals surface area contributed by atoms with Crippen molar-refractivity contribution in [3.05, 3.63) is 76.9 Å². The van der Waals surface area contributed by atoms with Gasteiger partial charge < -0.3 is 15.5 Å². The van der Waals surface area contributed by atoms with Crippen molar-refractivity contribution in [3.63, 3.8) is 0 Å². The summed E-state index contributed by atoms with van der Waals surface area (Å²) in [6.07, 6.45) is 2.76. The molecule has 2 aliphatic rings. The summed E-state index contributed by atoms with van der Waals surface area (Å²) in [5.74, 6) is -0.00388. The Morgan fingerprint density at radius 2 is 1.94 bits per heavy atom. The molecule has 6 heteroatoms. The standard InChI is InChI=1S/C25H27N3O3/c1-16-6-9-20(10-7-16)27-25(31)26-14-18-8-11-21-19(13-18)15-28(24(21)30)22-5-3-4-17(2)12-23(22)29/h6-11,13,22H,2-5,12,14-15H2,1H3,(H2,26,27,31). The normalized spacial score (nSPS) is 18.5. The van der Waals surface area contributed by atoms with E-state index in [0.717, 1.165) is 40.8 Å². The van der Waals surface area contributed by atoms with E-state index in [-0.39, 0.29) is 23.8 Å². The first-order valence-corrected chi connectivity index (χ1v) is 10.6. The van der Waals surface area contributed by atoms with Crippen LogP contribution in [0.5, 0.6) is 0 Å². The lowest BCUT2D eigenvalue weighted by Crippen LogP contribution is -2.40. The second-order valence-corrected chi connectivity index (χ2v) is 8.40. The van der Waals surface area contributed by atoms with Crippen LogP contribution in [0, 0.1) is 6.92 Å². The van der Waals surface area contributed by atoms with Gasteiger partial charge in [0.05, 0.1) is 6.04 Å². The quantitative estimate of drug-likeness (QED) is 0.574. The first-order valence-electron chi connectivity index (χ1n) is 10.6. The predicted molar refractivity (Wildman–Crippen MR) is 120 cm³/mol. The van der Waals surface area contributed by atoms with Crippen molar-refractivity contribution in [1.82, 2.24) is 10.2 Å². The van der Waals surface area contributed by atoms with Crippen LogP contribution in [-0.2, 0) is 17.9 Å². The minimum Gasteiger partial charge on any atom is -0.334 e. The van der Waals surface area contributed by atoms with E-state index in [0.29, 0.717) is 31.5 Å². The van der Waals surface area contributed by atoms with Gasteiger partial charge in [0.25, 0.3) is 5.91 Å². The van der Waals surface area contributed by atoms with Crippen LogP contribution in [0.3, 0.4) is 0 Å². The van der Waals surface area contributed by atoms with E-state index in [1.165, 1.54) is 0 Å². The highest BCUT2D eigenvalue weighted by Crippen LogP contribution is 2.30. The fraction of sp³-hybridized carbons (Fsp3) is 0.320. The van der Waals surface area contributed by atoms with Crippen molar-refractivity contribution in [2.24, 2.45) is 0 Å². The Bertz CT molecular complexity index is 1040. The third-order valence-corrected chi connectivity index (χ3v) is 5.94. The van der Waals surface area contributed by atoms with E-state index in [4.69, 9.17) is 0 Å². The van der Waals surface area contributed by atoms with Crippen LogP contribution >= 0.6 is 0 Å². The fourth-order valence-corrected chi connectivity index (χ4v) is 4.24. The van der Waals surface area contributed by atoms with Crippen LogP contribution in [0.1, 0.15) is 52.7 Å². The molecule has 31 heavy (non-hydrogen) atoms. The Hall–Kier alpha value is -3.41. The molecule has 1 saturated carbocycles. The number of carbonyl (C=O) groups is 3. The summed E-state index contributed by atoms with van der Waals surface area (Å²) < 4.78 is 0. The first kappa shape index (κ1) is 20.8. The van der Waals surface area contributed by atoms with Crippen molar-refractivity contribution in [1.29, 1.82) is 0 Å². The third-order valence-electron chi connectivity index (χ3n) is 5.94. The molecular formula is C25H27N3O3. The van der Waals surface area contributed by atoms with E-state index in [2.05, 4.69) is 17.2 Å². The van der Waals surface area contributed by atoms with Gasteiger partial charge in [-0.05, 0) is 55.5 Å². The van der Waals surface area contributed by atoms with Crippen molar-refractivity contribution in [3.8, 4) is 0 Å². The van der Waals surface area contributed by atoms with Gasteiger partial charge in [0.2, 0.25) is 0 Å². The molecule has 2 aromatic rings. The van der Waals surface area contributed by atoms with Gasteiger partial charge in [-0.1, -0.05) is 42.0 Å². The van der Waals surface area contributed by atoms with Crippen LogP contribution in [0.2, 0.25) is 0 Å². The largest absolute Gasteiger partial charge is 0.334 e. The second kappa shape index (κ2) is 8.76. The van der Waals surface area contributed by atoms with Gasteiger partial charge in [0.15, 0.2) is 5.78 Å². The summed E-state index contributed by atoms with van der Waals surface area (Å²) in [5.41, 5.74) is 5.27. The van der Waals surface area contributed by atoms with E-state index in [9.17, 15) is 14.4 Å². The van der Waals surface area contributed by atoms with E-state index < -0.39 is 0 Å². The molecule has 1 heterocycles. The van der Waals surface area contributed by atoms with Crippen molar-refractivity contribution < 1.29 is 14.4 Å². The Labute approximate surface area is 182 Å². The second-order valence-electron chi connectivity index (χ2n) is 8.40. The summed E-state index contributed by atoms with van der Waals surface area (Å²) in [6.45, 7) is 6.73. The maximum atomic E-state index is 12.9. The molecule has 160 valence electrons. The van der Waals surface area contributed by atoms with Crippen LogP contribution < -0.4 is 10.6 Å². The number of nitrogens with zero attached hydrogens (tertiary/aromatic N) is 1. The zero-order chi connectivity index (χ0) is 22.0. The van der Waals surface area contributed by atoms with Crippen molar-refractivity contribution in [2.45, 2.75) is 51.7 Å². The number of nitrogens with one attached hydrogen (secondary N) is 2. The maximum absolute atomic E-state index is 12.9. The molecule has 0 aromatic heterocycles. The van der Waals surface area contributed by atoms with Crippen LogP contribution in [0.4, 0.5) is 10.5 Å². The summed E-state index contributed by atoms with van der Waals surface area (Å²) >= 11 is 0. The summed E-state index contributed by atoms with van der Waals surface area (Å²) in [7, 11) is 0. The Morgan fingerprint density at radius 3 is 2.71 bits per heavy atom. The number of rotatable bonds is 4. The molecular weight excluding hydrogens is 390 g/mol. The van der Waals surface area contributed by atoms with Crippen molar-refractivity contribution in [2.75, 3.05) is 5.32 Å². The lowest BCUT2D eigenvalue weighted by atomic mass is 10.1. The SMILES string of the molecule is C=C1CCCC(N2Cc3cc(CNC(=O)Nc4ccc(C)cc4)ccc3C2=O)C(=O)C1.